The first-order valence-corrected chi connectivity index (χ1v) is 8.00. The maximum absolute atomic E-state index is 12.0. The van der Waals surface area contributed by atoms with Crippen LogP contribution < -0.4 is 5.32 Å². The highest BCUT2D eigenvalue weighted by Gasteiger charge is 2.05. The van der Waals surface area contributed by atoms with Crippen LogP contribution in [0.2, 0.25) is 0 Å². The summed E-state index contributed by atoms with van der Waals surface area (Å²) in [6.07, 6.45) is 5.08. The fraction of sp³-hybridized carbons (Fsp3) is 0.263. The summed E-state index contributed by atoms with van der Waals surface area (Å²) in [7, 11) is 0. The van der Waals surface area contributed by atoms with Gasteiger partial charge in [0.1, 0.15) is 0 Å². The first-order chi connectivity index (χ1) is 11.3. The van der Waals surface area contributed by atoms with Gasteiger partial charge in [-0.2, -0.15) is 0 Å². The predicted molar refractivity (Wildman–Crippen MR) is 92.0 cm³/mol. The van der Waals surface area contributed by atoms with Crippen LogP contribution >= 0.6 is 0 Å². The van der Waals surface area contributed by atoms with E-state index in [1.165, 1.54) is 16.5 Å². The third kappa shape index (κ3) is 3.77. The van der Waals surface area contributed by atoms with Crippen LogP contribution in [0.5, 0.6) is 0 Å². The molecule has 0 bridgehead atoms. The van der Waals surface area contributed by atoms with Crippen molar-refractivity contribution >= 4 is 16.8 Å². The Labute approximate surface area is 136 Å². The Morgan fingerprint density at radius 1 is 1.22 bits per heavy atom. The van der Waals surface area contributed by atoms with Gasteiger partial charge in [-0.25, -0.2) is 0 Å². The van der Waals surface area contributed by atoms with Crippen molar-refractivity contribution in [1.29, 1.82) is 0 Å². The quantitative estimate of drug-likeness (QED) is 0.759. The van der Waals surface area contributed by atoms with Gasteiger partial charge in [-0.1, -0.05) is 12.1 Å². The minimum Gasteiger partial charge on any atom is -0.350 e. The van der Waals surface area contributed by atoms with Crippen molar-refractivity contribution < 1.29 is 4.79 Å². The Hall–Kier alpha value is -2.62. The molecule has 1 aromatic carbocycles. The largest absolute Gasteiger partial charge is 0.350 e. The maximum atomic E-state index is 12.0. The summed E-state index contributed by atoms with van der Waals surface area (Å²) in [4.78, 5) is 16.2. The molecule has 0 aliphatic rings. The van der Waals surface area contributed by atoms with Crippen LogP contribution in [0.3, 0.4) is 0 Å². The highest BCUT2D eigenvalue weighted by atomic mass is 16.1. The molecule has 0 saturated heterocycles. The van der Waals surface area contributed by atoms with Crippen LogP contribution in [-0.2, 0) is 24.3 Å². The van der Waals surface area contributed by atoms with Crippen molar-refractivity contribution in [2.75, 3.05) is 0 Å². The van der Waals surface area contributed by atoms with Crippen LogP contribution in [0.15, 0.2) is 54.9 Å². The van der Waals surface area contributed by atoms with Crippen molar-refractivity contribution in [3.63, 3.8) is 0 Å². The summed E-state index contributed by atoms with van der Waals surface area (Å²) in [6.45, 7) is 3.59. The van der Waals surface area contributed by atoms with Gasteiger partial charge in [0.05, 0.1) is 12.2 Å². The number of hydrogen-bond acceptors (Lipinski definition) is 2. The van der Waals surface area contributed by atoms with Crippen molar-refractivity contribution in [2.24, 2.45) is 0 Å². The molecule has 118 valence electrons. The number of nitrogens with zero attached hydrogens (tertiary/aromatic N) is 2. The van der Waals surface area contributed by atoms with E-state index in [2.05, 4.69) is 52.3 Å². The van der Waals surface area contributed by atoms with E-state index in [0.717, 1.165) is 18.7 Å². The number of amides is 1. The molecule has 2 heterocycles. The Morgan fingerprint density at radius 2 is 2.13 bits per heavy atom. The standard InChI is InChI=1S/C19H21N3O/c1-2-22-12-10-16-13-15(6-8-18(16)22)7-9-19(23)21-14-17-5-3-4-11-20-17/h3-6,8,10-13H,2,7,9,14H2,1H3,(H,21,23). The molecule has 23 heavy (non-hydrogen) atoms. The van der Waals surface area contributed by atoms with Gasteiger partial charge in [0.15, 0.2) is 0 Å². The fourth-order valence-corrected chi connectivity index (χ4v) is 2.72. The average molecular weight is 307 g/mol. The molecular formula is C19H21N3O. The van der Waals surface area contributed by atoms with Gasteiger partial charge in [0.2, 0.25) is 5.91 Å². The SMILES string of the molecule is CCn1ccc2cc(CCC(=O)NCc3ccccn3)ccc21. The molecule has 0 radical (unpaired) electrons. The third-order valence-corrected chi connectivity index (χ3v) is 4.01. The molecule has 4 heteroatoms. The number of benzene rings is 1. The minimum atomic E-state index is 0.0573. The lowest BCUT2D eigenvalue weighted by Crippen LogP contribution is -2.23. The summed E-state index contributed by atoms with van der Waals surface area (Å²) in [6, 6.07) is 14.3. The number of carbonyl (C=O) groups excluding carboxylic acids is 1. The fourth-order valence-electron chi connectivity index (χ4n) is 2.72. The number of rotatable bonds is 6. The van der Waals surface area contributed by atoms with Gasteiger partial charge in [0, 0.05) is 30.9 Å². The minimum absolute atomic E-state index is 0.0573. The number of hydrogen-bond donors (Lipinski definition) is 1. The highest BCUT2D eigenvalue weighted by Crippen LogP contribution is 2.18. The van der Waals surface area contributed by atoms with E-state index in [0.29, 0.717) is 13.0 Å². The molecular weight excluding hydrogens is 286 g/mol. The number of carbonyl (C=O) groups is 1. The Kier molecular flexibility index (Phi) is 4.71. The van der Waals surface area contributed by atoms with E-state index in [4.69, 9.17) is 0 Å². The van der Waals surface area contributed by atoms with E-state index < -0.39 is 0 Å². The molecule has 3 rings (SSSR count). The lowest BCUT2D eigenvalue weighted by Gasteiger charge is -2.06. The molecule has 0 saturated carbocycles. The Bertz CT molecular complexity index is 793. The zero-order valence-corrected chi connectivity index (χ0v) is 13.3. The van der Waals surface area contributed by atoms with Gasteiger partial charge in [0.25, 0.3) is 0 Å². The van der Waals surface area contributed by atoms with Crippen molar-refractivity contribution in [3.05, 3.63) is 66.1 Å². The second-order valence-electron chi connectivity index (χ2n) is 5.59. The van der Waals surface area contributed by atoms with Gasteiger partial charge in [-0.15, -0.1) is 0 Å². The lowest BCUT2D eigenvalue weighted by atomic mass is 10.1. The summed E-state index contributed by atoms with van der Waals surface area (Å²) in [5, 5.41) is 4.15. The second-order valence-corrected chi connectivity index (χ2v) is 5.59. The molecule has 0 aliphatic carbocycles. The Balaban J connectivity index is 1.54. The van der Waals surface area contributed by atoms with Gasteiger partial charge >= 0.3 is 0 Å². The maximum Gasteiger partial charge on any atom is 0.220 e. The first kappa shape index (κ1) is 15.3. The van der Waals surface area contributed by atoms with Gasteiger partial charge in [-0.05, 0) is 54.6 Å². The zero-order valence-electron chi connectivity index (χ0n) is 13.3. The topological polar surface area (TPSA) is 46.9 Å². The van der Waals surface area contributed by atoms with Gasteiger partial charge in [-0.3, -0.25) is 9.78 Å². The molecule has 1 N–H and O–H groups in total. The normalized spacial score (nSPS) is 10.8. The second kappa shape index (κ2) is 7.09. The Morgan fingerprint density at radius 3 is 2.91 bits per heavy atom. The molecule has 0 spiro atoms. The summed E-state index contributed by atoms with van der Waals surface area (Å²) < 4.78 is 2.22. The number of aromatic nitrogens is 2. The van der Waals surface area contributed by atoms with Crippen LogP contribution in [0, 0.1) is 0 Å². The number of fused-ring (bicyclic) bond motifs is 1. The first-order valence-electron chi connectivity index (χ1n) is 8.00. The van der Waals surface area contributed by atoms with E-state index in [9.17, 15) is 4.79 Å². The van der Waals surface area contributed by atoms with E-state index in [1.807, 2.05) is 18.2 Å². The monoisotopic (exact) mass is 307 g/mol. The van der Waals surface area contributed by atoms with Crippen LogP contribution in [-0.4, -0.2) is 15.5 Å². The zero-order chi connectivity index (χ0) is 16.1. The summed E-state index contributed by atoms with van der Waals surface area (Å²) in [5.74, 6) is 0.0573. The number of pyridine rings is 1. The average Bonchev–Trinajstić information content (AvgIpc) is 3.01. The van der Waals surface area contributed by atoms with E-state index in [-0.39, 0.29) is 5.91 Å². The van der Waals surface area contributed by atoms with Crippen molar-refractivity contribution in [2.45, 2.75) is 32.9 Å². The third-order valence-electron chi connectivity index (χ3n) is 4.01. The molecule has 1 amide bonds. The van der Waals surface area contributed by atoms with E-state index >= 15 is 0 Å². The van der Waals surface area contributed by atoms with Crippen LogP contribution in [0.1, 0.15) is 24.6 Å². The molecule has 3 aromatic rings. The van der Waals surface area contributed by atoms with Crippen LogP contribution in [0.25, 0.3) is 10.9 Å². The molecule has 0 atom stereocenters. The number of nitrogens with one attached hydrogen (secondary N) is 1. The summed E-state index contributed by atoms with van der Waals surface area (Å²) in [5.41, 5.74) is 3.32. The molecule has 4 nitrogen and oxygen atoms in total. The van der Waals surface area contributed by atoms with Crippen molar-refractivity contribution in [1.82, 2.24) is 14.9 Å². The van der Waals surface area contributed by atoms with E-state index in [1.54, 1.807) is 6.20 Å². The smallest absolute Gasteiger partial charge is 0.220 e. The summed E-state index contributed by atoms with van der Waals surface area (Å²) >= 11 is 0. The molecule has 2 aromatic heterocycles. The number of aryl methyl sites for hydroxylation is 2. The van der Waals surface area contributed by atoms with Gasteiger partial charge < -0.3 is 9.88 Å². The van der Waals surface area contributed by atoms with Crippen LogP contribution in [0.4, 0.5) is 0 Å². The lowest BCUT2D eigenvalue weighted by molar-refractivity contribution is -0.121. The molecule has 0 aliphatic heterocycles. The highest BCUT2D eigenvalue weighted by molar-refractivity contribution is 5.81. The predicted octanol–water partition coefficient (Wildman–Crippen LogP) is 3.31. The molecule has 0 fully saturated rings. The van der Waals surface area contributed by atoms with Crippen molar-refractivity contribution in [3.8, 4) is 0 Å². The molecule has 0 unspecified atom stereocenters.